The number of amides is 2. The predicted octanol–water partition coefficient (Wildman–Crippen LogP) is 3.19. The summed E-state index contributed by atoms with van der Waals surface area (Å²) in [4.78, 5) is 16.7. The van der Waals surface area contributed by atoms with Crippen molar-refractivity contribution in [3.8, 4) is 0 Å². The quantitative estimate of drug-likeness (QED) is 0.782. The fourth-order valence-electron chi connectivity index (χ4n) is 2.40. The first-order valence-electron chi connectivity index (χ1n) is 8.47. The maximum Gasteiger partial charge on any atom is 0.315 e. The van der Waals surface area contributed by atoms with E-state index in [1.165, 1.54) is 0 Å². The van der Waals surface area contributed by atoms with Crippen LogP contribution in [-0.2, 0) is 0 Å². The zero-order valence-corrected chi connectivity index (χ0v) is 15.3. The highest BCUT2D eigenvalue weighted by Gasteiger charge is 2.23. The molecule has 0 spiro atoms. The Balaban J connectivity index is 2.13. The van der Waals surface area contributed by atoms with Gasteiger partial charge < -0.3 is 15.7 Å². The van der Waals surface area contributed by atoms with E-state index >= 15 is 0 Å². The van der Waals surface area contributed by atoms with Gasteiger partial charge in [0, 0.05) is 12.7 Å². The van der Waals surface area contributed by atoms with Gasteiger partial charge in [-0.25, -0.2) is 4.79 Å². The van der Waals surface area contributed by atoms with E-state index in [0.29, 0.717) is 0 Å². The van der Waals surface area contributed by atoms with Crippen molar-refractivity contribution < 1.29 is 9.90 Å². The first kappa shape index (κ1) is 18.9. The second-order valence-electron chi connectivity index (χ2n) is 7.34. The van der Waals surface area contributed by atoms with Crippen LogP contribution in [0.1, 0.15) is 43.6 Å². The van der Waals surface area contributed by atoms with Gasteiger partial charge in [0.25, 0.3) is 0 Å². The fraction of sp³-hybridized carbons (Fsp3) is 0.400. The van der Waals surface area contributed by atoms with Crippen LogP contribution in [0.4, 0.5) is 4.79 Å². The van der Waals surface area contributed by atoms with E-state index in [2.05, 4.69) is 15.6 Å². The Kier molecular flexibility index (Phi) is 6.15. The van der Waals surface area contributed by atoms with Gasteiger partial charge in [0.15, 0.2) is 0 Å². The van der Waals surface area contributed by atoms with Gasteiger partial charge in [-0.2, -0.15) is 0 Å². The molecular formula is C20H27N3O2. The molecule has 0 aliphatic carbocycles. The Labute approximate surface area is 149 Å². The van der Waals surface area contributed by atoms with E-state index in [-0.39, 0.29) is 24.0 Å². The minimum Gasteiger partial charge on any atom is -0.391 e. The Morgan fingerprint density at radius 2 is 1.96 bits per heavy atom. The Bertz CT molecular complexity index is 696. The minimum atomic E-state index is -0.620. The van der Waals surface area contributed by atoms with Crippen LogP contribution < -0.4 is 10.6 Å². The van der Waals surface area contributed by atoms with Crippen LogP contribution in [0.2, 0.25) is 0 Å². The molecule has 2 atom stereocenters. The molecule has 25 heavy (non-hydrogen) atoms. The van der Waals surface area contributed by atoms with E-state index in [1.54, 1.807) is 6.20 Å². The predicted molar refractivity (Wildman–Crippen MR) is 99.3 cm³/mol. The number of hydrogen-bond acceptors (Lipinski definition) is 3. The summed E-state index contributed by atoms with van der Waals surface area (Å²) in [7, 11) is 0. The second-order valence-corrected chi connectivity index (χ2v) is 7.34. The van der Waals surface area contributed by atoms with Crippen LogP contribution in [-0.4, -0.2) is 28.8 Å². The van der Waals surface area contributed by atoms with Gasteiger partial charge >= 0.3 is 6.03 Å². The maximum absolute atomic E-state index is 12.4. The lowest BCUT2D eigenvalue weighted by Crippen LogP contribution is -2.44. The number of pyridine rings is 1. The number of hydrogen-bond donors (Lipinski definition) is 3. The van der Waals surface area contributed by atoms with E-state index in [0.717, 1.165) is 16.8 Å². The number of aryl methyl sites for hydroxylation is 1. The Morgan fingerprint density at radius 3 is 2.56 bits per heavy atom. The molecule has 0 saturated heterocycles. The molecule has 2 rings (SSSR count). The van der Waals surface area contributed by atoms with E-state index in [4.69, 9.17) is 0 Å². The highest BCUT2D eigenvalue weighted by molar-refractivity contribution is 5.75. The van der Waals surface area contributed by atoms with Crippen LogP contribution >= 0.6 is 0 Å². The van der Waals surface area contributed by atoms with Gasteiger partial charge in [-0.1, -0.05) is 56.7 Å². The molecule has 2 unspecified atom stereocenters. The van der Waals surface area contributed by atoms with Gasteiger partial charge in [0.2, 0.25) is 0 Å². The van der Waals surface area contributed by atoms with Crippen molar-refractivity contribution in [2.45, 2.75) is 39.8 Å². The number of carbonyl (C=O) groups is 1. The lowest BCUT2D eigenvalue weighted by atomic mass is 9.89. The topological polar surface area (TPSA) is 74.2 Å². The molecule has 0 bridgehead atoms. The van der Waals surface area contributed by atoms with Crippen molar-refractivity contribution in [3.05, 3.63) is 65.5 Å². The normalized spacial score (nSPS) is 13.8. The lowest BCUT2D eigenvalue weighted by Gasteiger charge is -2.26. The van der Waals surface area contributed by atoms with E-state index in [1.807, 2.05) is 70.2 Å². The molecule has 0 radical (unpaired) electrons. The number of nitrogens with one attached hydrogen (secondary N) is 2. The fourth-order valence-corrected chi connectivity index (χ4v) is 2.40. The molecule has 3 N–H and O–H groups in total. The first-order valence-corrected chi connectivity index (χ1v) is 8.47. The smallest absolute Gasteiger partial charge is 0.315 e. The number of aliphatic hydroxyl groups is 1. The summed E-state index contributed by atoms with van der Waals surface area (Å²) >= 11 is 0. The van der Waals surface area contributed by atoms with E-state index in [9.17, 15) is 9.90 Å². The van der Waals surface area contributed by atoms with Gasteiger partial charge in [-0.15, -0.1) is 0 Å². The number of aromatic nitrogens is 1. The van der Waals surface area contributed by atoms with Crippen LogP contribution in [0.3, 0.4) is 0 Å². The molecule has 0 aliphatic rings. The van der Waals surface area contributed by atoms with E-state index < -0.39 is 6.10 Å². The molecule has 134 valence electrons. The monoisotopic (exact) mass is 341 g/mol. The molecule has 5 nitrogen and oxygen atoms in total. The van der Waals surface area contributed by atoms with Crippen molar-refractivity contribution in [1.29, 1.82) is 0 Å². The van der Waals surface area contributed by atoms with Gasteiger partial charge in [-0.05, 0) is 30.0 Å². The van der Waals surface area contributed by atoms with Gasteiger partial charge in [0.1, 0.15) is 0 Å². The number of nitrogens with zero attached hydrogens (tertiary/aromatic N) is 1. The number of carbonyl (C=O) groups excluding carboxylic acids is 1. The molecule has 2 aromatic rings. The molecular weight excluding hydrogens is 314 g/mol. The zero-order valence-electron chi connectivity index (χ0n) is 15.3. The van der Waals surface area contributed by atoms with Crippen molar-refractivity contribution in [3.63, 3.8) is 0 Å². The van der Waals surface area contributed by atoms with Gasteiger partial charge in [0.05, 0.1) is 17.8 Å². The zero-order chi connectivity index (χ0) is 18.4. The van der Waals surface area contributed by atoms with Crippen LogP contribution in [0.25, 0.3) is 0 Å². The van der Waals surface area contributed by atoms with Crippen LogP contribution in [0.5, 0.6) is 0 Å². The molecule has 5 heteroatoms. The second kappa shape index (κ2) is 8.12. The molecule has 0 fully saturated rings. The first-order chi connectivity index (χ1) is 11.8. The van der Waals surface area contributed by atoms with Gasteiger partial charge in [-0.3, -0.25) is 4.98 Å². The minimum absolute atomic E-state index is 0.193. The Hall–Kier alpha value is -2.40. The highest BCUT2D eigenvalue weighted by atomic mass is 16.3. The standard InChI is InChI=1S/C20H27N3O2/c1-14-8-7-9-15(12-14)18(16-10-5-6-11-21-16)23-19(25)22-13-17(24)20(2,3)4/h5-12,17-18,24H,13H2,1-4H3,(H2,22,23,25). The third kappa shape index (κ3) is 5.57. The maximum atomic E-state index is 12.4. The summed E-state index contributed by atoms with van der Waals surface area (Å²) in [5.41, 5.74) is 2.55. The average molecular weight is 341 g/mol. The average Bonchev–Trinajstić information content (AvgIpc) is 2.57. The molecule has 1 aromatic heterocycles. The Morgan fingerprint density at radius 1 is 1.20 bits per heavy atom. The summed E-state index contributed by atoms with van der Waals surface area (Å²) in [6.45, 7) is 8.00. The number of rotatable bonds is 5. The molecule has 0 saturated carbocycles. The summed E-state index contributed by atoms with van der Waals surface area (Å²) in [6.07, 6.45) is 1.09. The van der Waals surface area contributed by atoms with Crippen molar-refractivity contribution >= 4 is 6.03 Å². The molecule has 2 amide bonds. The highest BCUT2D eigenvalue weighted by Crippen LogP contribution is 2.21. The van der Waals surface area contributed by atoms with Crippen molar-refractivity contribution in [2.24, 2.45) is 5.41 Å². The third-order valence-corrected chi connectivity index (χ3v) is 4.09. The summed E-state index contributed by atoms with van der Waals surface area (Å²) in [5.74, 6) is 0. The summed E-state index contributed by atoms with van der Waals surface area (Å²) in [5, 5.41) is 15.8. The number of aliphatic hydroxyl groups excluding tert-OH is 1. The van der Waals surface area contributed by atoms with Crippen molar-refractivity contribution in [1.82, 2.24) is 15.6 Å². The molecule has 1 aromatic carbocycles. The summed E-state index contributed by atoms with van der Waals surface area (Å²) in [6, 6.07) is 12.9. The molecule has 0 aliphatic heterocycles. The SMILES string of the molecule is Cc1cccc(C(NC(=O)NCC(O)C(C)(C)C)c2ccccn2)c1. The third-order valence-electron chi connectivity index (χ3n) is 4.09. The molecule has 1 heterocycles. The van der Waals surface area contributed by atoms with Crippen LogP contribution in [0.15, 0.2) is 48.7 Å². The number of benzene rings is 1. The lowest BCUT2D eigenvalue weighted by molar-refractivity contribution is 0.0649. The summed E-state index contributed by atoms with van der Waals surface area (Å²) < 4.78 is 0. The number of urea groups is 1. The largest absolute Gasteiger partial charge is 0.391 e. The van der Waals surface area contributed by atoms with Crippen molar-refractivity contribution in [2.75, 3.05) is 6.54 Å². The van der Waals surface area contributed by atoms with Crippen LogP contribution in [0, 0.1) is 12.3 Å².